The summed E-state index contributed by atoms with van der Waals surface area (Å²) in [5, 5.41) is 9.24. The van der Waals surface area contributed by atoms with Crippen molar-refractivity contribution in [2.45, 2.75) is 32.3 Å². The van der Waals surface area contributed by atoms with E-state index in [1.165, 1.54) is 5.56 Å². The average molecular weight is 247 g/mol. The van der Waals surface area contributed by atoms with Gasteiger partial charge < -0.3 is 10.0 Å². The van der Waals surface area contributed by atoms with Gasteiger partial charge in [-0.05, 0) is 42.9 Å². The lowest BCUT2D eigenvalue weighted by atomic mass is 9.82. The van der Waals surface area contributed by atoms with Crippen LogP contribution in [0.15, 0.2) is 24.3 Å². The van der Waals surface area contributed by atoms with Gasteiger partial charge in [0, 0.05) is 19.2 Å². The highest BCUT2D eigenvalue weighted by atomic mass is 16.3. The van der Waals surface area contributed by atoms with Gasteiger partial charge in [0.15, 0.2) is 0 Å². The van der Waals surface area contributed by atoms with Crippen LogP contribution in [0.4, 0.5) is 0 Å². The van der Waals surface area contributed by atoms with Crippen LogP contribution in [0.1, 0.15) is 35.7 Å². The van der Waals surface area contributed by atoms with E-state index in [1.54, 1.807) is 4.90 Å². The van der Waals surface area contributed by atoms with Crippen molar-refractivity contribution in [3.8, 4) is 0 Å². The molecule has 3 heteroatoms. The van der Waals surface area contributed by atoms with Crippen LogP contribution < -0.4 is 0 Å². The average Bonchev–Trinajstić information content (AvgIpc) is 2.36. The molecule has 1 aromatic rings. The molecule has 98 valence electrons. The summed E-state index contributed by atoms with van der Waals surface area (Å²) in [6.45, 7) is 2.84. The Morgan fingerprint density at radius 2 is 1.94 bits per heavy atom. The van der Waals surface area contributed by atoms with Gasteiger partial charge in [0.25, 0.3) is 5.91 Å². The summed E-state index contributed by atoms with van der Waals surface area (Å²) in [4.78, 5) is 13.9. The van der Waals surface area contributed by atoms with Crippen molar-refractivity contribution in [2.75, 3.05) is 13.6 Å². The van der Waals surface area contributed by atoms with E-state index in [9.17, 15) is 9.90 Å². The summed E-state index contributed by atoms with van der Waals surface area (Å²) in [5.41, 5.74) is 1.99. The molecule has 1 saturated carbocycles. The summed E-state index contributed by atoms with van der Waals surface area (Å²) in [6, 6.07) is 7.81. The third kappa shape index (κ3) is 2.91. The smallest absolute Gasteiger partial charge is 0.253 e. The first kappa shape index (κ1) is 13.1. The topological polar surface area (TPSA) is 40.5 Å². The molecule has 0 heterocycles. The van der Waals surface area contributed by atoms with E-state index in [0.717, 1.165) is 31.4 Å². The molecule has 1 amide bonds. The predicted molar refractivity (Wildman–Crippen MR) is 71.5 cm³/mol. The molecule has 0 spiro atoms. The van der Waals surface area contributed by atoms with Crippen molar-refractivity contribution in [3.63, 3.8) is 0 Å². The lowest BCUT2D eigenvalue weighted by Gasteiger charge is -2.34. The standard InChI is InChI=1S/C15H21NO2/c1-3-11-4-6-13(7-5-11)15(18)16(2)10-12-8-14(17)9-12/h4-7,12,14,17H,3,8-10H2,1-2H3. The number of aliphatic hydroxyl groups is 1. The fraction of sp³-hybridized carbons (Fsp3) is 0.533. The van der Waals surface area contributed by atoms with Gasteiger partial charge >= 0.3 is 0 Å². The van der Waals surface area contributed by atoms with Crippen LogP contribution in [0.5, 0.6) is 0 Å². The van der Waals surface area contributed by atoms with Gasteiger partial charge in [-0.1, -0.05) is 19.1 Å². The van der Waals surface area contributed by atoms with E-state index in [0.29, 0.717) is 5.92 Å². The first-order valence-electron chi connectivity index (χ1n) is 6.62. The van der Waals surface area contributed by atoms with Crippen molar-refractivity contribution in [3.05, 3.63) is 35.4 Å². The number of carbonyl (C=O) groups excluding carboxylic acids is 1. The second-order valence-corrected chi connectivity index (χ2v) is 5.23. The zero-order valence-corrected chi connectivity index (χ0v) is 11.1. The highest BCUT2D eigenvalue weighted by Gasteiger charge is 2.29. The Balaban J connectivity index is 1.92. The van der Waals surface area contributed by atoms with E-state index in [4.69, 9.17) is 0 Å². The van der Waals surface area contributed by atoms with Gasteiger partial charge in [0.2, 0.25) is 0 Å². The second-order valence-electron chi connectivity index (χ2n) is 5.23. The van der Waals surface area contributed by atoms with Crippen molar-refractivity contribution in [2.24, 2.45) is 5.92 Å². The molecule has 18 heavy (non-hydrogen) atoms. The van der Waals surface area contributed by atoms with Crippen LogP contribution in [0, 0.1) is 5.92 Å². The van der Waals surface area contributed by atoms with Gasteiger partial charge in [0.1, 0.15) is 0 Å². The lowest BCUT2D eigenvalue weighted by Crippen LogP contribution is -2.39. The van der Waals surface area contributed by atoms with Gasteiger partial charge in [0.05, 0.1) is 6.10 Å². The quantitative estimate of drug-likeness (QED) is 0.885. The number of hydrogen-bond donors (Lipinski definition) is 1. The molecule has 0 aromatic heterocycles. The first-order valence-corrected chi connectivity index (χ1v) is 6.62. The zero-order chi connectivity index (χ0) is 13.1. The Hall–Kier alpha value is -1.35. The van der Waals surface area contributed by atoms with E-state index >= 15 is 0 Å². The molecular weight excluding hydrogens is 226 g/mol. The van der Waals surface area contributed by atoms with Crippen molar-refractivity contribution in [1.82, 2.24) is 4.90 Å². The fourth-order valence-corrected chi connectivity index (χ4v) is 2.42. The molecular formula is C15H21NO2. The number of hydrogen-bond acceptors (Lipinski definition) is 2. The fourth-order valence-electron chi connectivity index (χ4n) is 2.42. The number of aryl methyl sites for hydroxylation is 1. The Kier molecular flexibility index (Phi) is 4.02. The van der Waals surface area contributed by atoms with Crippen molar-refractivity contribution in [1.29, 1.82) is 0 Å². The van der Waals surface area contributed by atoms with Gasteiger partial charge in [-0.3, -0.25) is 4.79 Å². The summed E-state index contributed by atoms with van der Waals surface area (Å²) in [5.74, 6) is 0.530. The predicted octanol–water partition coefficient (Wildman–Crippen LogP) is 2.09. The normalized spacial score (nSPS) is 22.4. The highest BCUT2D eigenvalue weighted by Crippen LogP contribution is 2.27. The number of benzene rings is 1. The largest absolute Gasteiger partial charge is 0.393 e. The number of amides is 1. The van der Waals surface area contributed by atoms with Crippen LogP contribution in [0.3, 0.4) is 0 Å². The van der Waals surface area contributed by atoms with Crippen LogP contribution in [-0.4, -0.2) is 35.6 Å². The van der Waals surface area contributed by atoms with Crippen molar-refractivity contribution >= 4 is 5.91 Å². The van der Waals surface area contributed by atoms with Gasteiger partial charge in [-0.2, -0.15) is 0 Å². The maximum atomic E-state index is 12.2. The SMILES string of the molecule is CCc1ccc(C(=O)N(C)CC2CC(O)C2)cc1. The molecule has 1 aliphatic carbocycles. The first-order chi connectivity index (χ1) is 8.60. The Morgan fingerprint density at radius 3 is 2.44 bits per heavy atom. The molecule has 0 bridgehead atoms. The monoisotopic (exact) mass is 247 g/mol. The maximum absolute atomic E-state index is 12.2. The van der Waals surface area contributed by atoms with E-state index in [2.05, 4.69) is 6.92 Å². The number of nitrogens with zero attached hydrogens (tertiary/aromatic N) is 1. The molecule has 1 aromatic carbocycles. The second kappa shape index (κ2) is 5.53. The molecule has 2 rings (SSSR count). The van der Waals surface area contributed by atoms with Crippen LogP contribution in [0.25, 0.3) is 0 Å². The molecule has 0 radical (unpaired) electrons. The summed E-state index contributed by atoms with van der Waals surface area (Å²) < 4.78 is 0. The molecule has 1 aliphatic rings. The molecule has 0 saturated heterocycles. The van der Waals surface area contributed by atoms with Gasteiger partial charge in [-0.25, -0.2) is 0 Å². The van der Waals surface area contributed by atoms with E-state index < -0.39 is 0 Å². The minimum absolute atomic E-state index is 0.0686. The van der Waals surface area contributed by atoms with Crippen LogP contribution >= 0.6 is 0 Å². The number of aliphatic hydroxyl groups excluding tert-OH is 1. The summed E-state index contributed by atoms with van der Waals surface area (Å²) >= 11 is 0. The van der Waals surface area contributed by atoms with Crippen LogP contribution in [-0.2, 0) is 6.42 Å². The summed E-state index contributed by atoms with van der Waals surface area (Å²) in [7, 11) is 1.83. The molecule has 1 N–H and O–H groups in total. The highest BCUT2D eigenvalue weighted by molar-refractivity contribution is 5.94. The molecule has 0 atom stereocenters. The minimum atomic E-state index is -0.151. The minimum Gasteiger partial charge on any atom is -0.393 e. The zero-order valence-electron chi connectivity index (χ0n) is 11.1. The van der Waals surface area contributed by atoms with Gasteiger partial charge in [-0.15, -0.1) is 0 Å². The van der Waals surface area contributed by atoms with E-state index in [1.807, 2.05) is 31.3 Å². The Labute approximate surface area is 108 Å². The Morgan fingerprint density at radius 1 is 1.33 bits per heavy atom. The maximum Gasteiger partial charge on any atom is 0.253 e. The van der Waals surface area contributed by atoms with Crippen molar-refractivity contribution < 1.29 is 9.90 Å². The molecule has 0 aliphatic heterocycles. The molecule has 0 unspecified atom stereocenters. The molecule has 3 nitrogen and oxygen atoms in total. The number of rotatable bonds is 4. The van der Waals surface area contributed by atoms with E-state index in [-0.39, 0.29) is 12.0 Å². The summed E-state index contributed by atoms with van der Waals surface area (Å²) in [6.07, 6.45) is 2.49. The third-order valence-corrected chi connectivity index (χ3v) is 3.70. The number of carbonyl (C=O) groups is 1. The lowest BCUT2D eigenvalue weighted by molar-refractivity contribution is 0.0265. The van der Waals surface area contributed by atoms with Crippen LogP contribution in [0.2, 0.25) is 0 Å². The third-order valence-electron chi connectivity index (χ3n) is 3.70. The molecule has 1 fully saturated rings. The Bertz CT molecular complexity index is 407.